The zero-order valence-corrected chi connectivity index (χ0v) is 12.6. The lowest BCUT2D eigenvalue weighted by Crippen LogP contribution is -2.54. The second-order valence-electron chi connectivity index (χ2n) is 8.05. The average molecular weight is 253 g/mol. The van der Waals surface area contributed by atoms with Gasteiger partial charge in [0.1, 0.15) is 0 Å². The van der Waals surface area contributed by atoms with E-state index >= 15 is 0 Å². The summed E-state index contributed by atoms with van der Waals surface area (Å²) in [6, 6.07) is 0. The van der Waals surface area contributed by atoms with Gasteiger partial charge in [-0.1, -0.05) is 20.8 Å². The minimum absolute atomic E-state index is 0.0179. The number of hydrogen-bond donors (Lipinski definition) is 2. The molecule has 2 nitrogen and oxygen atoms in total. The van der Waals surface area contributed by atoms with Crippen molar-refractivity contribution >= 4 is 0 Å². The van der Waals surface area contributed by atoms with E-state index in [0.29, 0.717) is 17.9 Å². The van der Waals surface area contributed by atoms with Gasteiger partial charge in [-0.25, -0.2) is 0 Å². The Kier molecular flexibility index (Phi) is 3.57. The molecule has 0 heterocycles. The van der Waals surface area contributed by atoms with Gasteiger partial charge in [0, 0.05) is 12.0 Å². The van der Waals surface area contributed by atoms with E-state index in [1.165, 1.54) is 25.7 Å². The molecular formula is C16H31NO. The molecule has 0 saturated heterocycles. The Bertz CT molecular complexity index is 291. The monoisotopic (exact) mass is 253 g/mol. The van der Waals surface area contributed by atoms with Gasteiger partial charge in [0.15, 0.2) is 0 Å². The maximum absolute atomic E-state index is 10.9. The standard InChI is InChI=1S/C16H31NO/c1-14(2,3)12-7-9-16(11-17,10-8-12)15(4,18)13-5-6-13/h12-13,18H,5-11,17H2,1-4H3. The summed E-state index contributed by atoms with van der Waals surface area (Å²) in [5, 5.41) is 10.9. The third-order valence-electron chi connectivity index (χ3n) is 6.00. The molecule has 1 unspecified atom stereocenters. The highest BCUT2D eigenvalue weighted by Gasteiger charge is 2.55. The molecule has 0 aromatic heterocycles. The second kappa shape index (κ2) is 4.49. The van der Waals surface area contributed by atoms with Crippen molar-refractivity contribution in [2.24, 2.45) is 28.4 Å². The van der Waals surface area contributed by atoms with Crippen molar-refractivity contribution in [2.75, 3.05) is 6.54 Å². The predicted octanol–water partition coefficient (Wildman–Crippen LogP) is 3.33. The lowest BCUT2D eigenvalue weighted by atomic mass is 9.57. The van der Waals surface area contributed by atoms with Crippen molar-refractivity contribution in [3.05, 3.63) is 0 Å². The Hall–Kier alpha value is -0.0800. The van der Waals surface area contributed by atoms with E-state index in [1.54, 1.807) is 0 Å². The third-order valence-corrected chi connectivity index (χ3v) is 6.00. The summed E-state index contributed by atoms with van der Waals surface area (Å²) in [4.78, 5) is 0. The van der Waals surface area contributed by atoms with E-state index in [1.807, 2.05) is 0 Å². The largest absolute Gasteiger partial charge is 0.389 e. The van der Waals surface area contributed by atoms with Crippen molar-refractivity contribution < 1.29 is 5.11 Å². The first-order chi connectivity index (χ1) is 8.23. The van der Waals surface area contributed by atoms with Crippen LogP contribution in [0.15, 0.2) is 0 Å². The first kappa shape index (κ1) is 14.3. The van der Waals surface area contributed by atoms with Crippen LogP contribution in [0.1, 0.15) is 66.2 Å². The molecular weight excluding hydrogens is 222 g/mol. The molecule has 2 aliphatic carbocycles. The first-order valence-corrected chi connectivity index (χ1v) is 7.65. The SMILES string of the molecule is CC(C)(C)C1CCC(CN)(C(C)(O)C2CC2)CC1. The fraction of sp³-hybridized carbons (Fsp3) is 1.00. The third kappa shape index (κ3) is 2.34. The van der Waals surface area contributed by atoms with Gasteiger partial charge in [-0.3, -0.25) is 0 Å². The zero-order chi connectivity index (χ0) is 13.6. The van der Waals surface area contributed by atoms with Crippen LogP contribution in [0.25, 0.3) is 0 Å². The summed E-state index contributed by atoms with van der Waals surface area (Å²) in [7, 11) is 0. The van der Waals surface area contributed by atoms with Crippen LogP contribution in [-0.2, 0) is 0 Å². The van der Waals surface area contributed by atoms with Crippen molar-refractivity contribution in [3.8, 4) is 0 Å². The average Bonchev–Trinajstić information content (AvgIpc) is 3.11. The topological polar surface area (TPSA) is 46.2 Å². The number of hydrogen-bond acceptors (Lipinski definition) is 2. The Balaban J connectivity index is 2.08. The molecule has 106 valence electrons. The molecule has 3 N–H and O–H groups in total. The molecule has 2 heteroatoms. The second-order valence-corrected chi connectivity index (χ2v) is 8.05. The van der Waals surface area contributed by atoms with Crippen LogP contribution in [0.4, 0.5) is 0 Å². The predicted molar refractivity (Wildman–Crippen MR) is 76.2 cm³/mol. The van der Waals surface area contributed by atoms with Crippen LogP contribution in [-0.4, -0.2) is 17.3 Å². The molecule has 2 rings (SSSR count). The van der Waals surface area contributed by atoms with Crippen LogP contribution in [0, 0.1) is 22.7 Å². The van der Waals surface area contributed by atoms with Crippen LogP contribution >= 0.6 is 0 Å². The van der Waals surface area contributed by atoms with Gasteiger partial charge in [0.2, 0.25) is 0 Å². The smallest absolute Gasteiger partial charge is 0.0715 e. The van der Waals surface area contributed by atoms with Crippen molar-refractivity contribution in [3.63, 3.8) is 0 Å². The Labute approximate surface area is 112 Å². The molecule has 2 saturated carbocycles. The van der Waals surface area contributed by atoms with Crippen molar-refractivity contribution in [2.45, 2.75) is 71.8 Å². The Morgan fingerprint density at radius 3 is 1.83 bits per heavy atom. The van der Waals surface area contributed by atoms with Gasteiger partial charge in [-0.05, 0) is 62.7 Å². The summed E-state index contributed by atoms with van der Waals surface area (Å²) in [6.07, 6.45) is 7.05. The van der Waals surface area contributed by atoms with E-state index in [2.05, 4.69) is 27.7 Å². The van der Waals surface area contributed by atoms with Crippen LogP contribution in [0.5, 0.6) is 0 Å². The lowest BCUT2D eigenvalue weighted by molar-refractivity contribution is -0.112. The first-order valence-electron chi connectivity index (χ1n) is 7.65. The molecule has 0 radical (unpaired) electrons. The Morgan fingerprint density at radius 2 is 1.50 bits per heavy atom. The summed E-state index contributed by atoms with van der Waals surface area (Å²) < 4.78 is 0. The van der Waals surface area contributed by atoms with Gasteiger partial charge >= 0.3 is 0 Å². The van der Waals surface area contributed by atoms with Gasteiger partial charge in [0.05, 0.1) is 5.60 Å². The summed E-state index contributed by atoms with van der Waals surface area (Å²) in [5.41, 5.74) is 5.92. The minimum Gasteiger partial charge on any atom is -0.389 e. The molecule has 0 aliphatic heterocycles. The molecule has 0 spiro atoms. The maximum atomic E-state index is 10.9. The highest BCUT2D eigenvalue weighted by Crippen LogP contribution is 2.56. The molecule has 1 atom stereocenters. The van der Waals surface area contributed by atoms with E-state index in [9.17, 15) is 5.11 Å². The molecule has 2 aliphatic rings. The highest BCUT2D eigenvalue weighted by molar-refractivity contribution is 5.07. The molecule has 0 aromatic carbocycles. The summed E-state index contributed by atoms with van der Waals surface area (Å²) in [6.45, 7) is 9.72. The highest BCUT2D eigenvalue weighted by atomic mass is 16.3. The van der Waals surface area contributed by atoms with Gasteiger partial charge in [-0.2, -0.15) is 0 Å². The molecule has 18 heavy (non-hydrogen) atoms. The fourth-order valence-electron chi connectivity index (χ4n) is 4.03. The number of nitrogens with two attached hydrogens (primary N) is 1. The number of aliphatic hydroxyl groups is 1. The Morgan fingerprint density at radius 1 is 1.00 bits per heavy atom. The fourth-order valence-corrected chi connectivity index (χ4v) is 4.03. The number of rotatable bonds is 3. The normalized spacial score (nSPS) is 37.3. The van der Waals surface area contributed by atoms with Gasteiger partial charge in [-0.15, -0.1) is 0 Å². The van der Waals surface area contributed by atoms with Crippen LogP contribution < -0.4 is 5.73 Å². The van der Waals surface area contributed by atoms with Gasteiger partial charge in [0.25, 0.3) is 0 Å². The molecule has 0 aromatic rings. The van der Waals surface area contributed by atoms with Crippen LogP contribution in [0.2, 0.25) is 0 Å². The van der Waals surface area contributed by atoms with Gasteiger partial charge < -0.3 is 10.8 Å². The van der Waals surface area contributed by atoms with Crippen molar-refractivity contribution in [1.82, 2.24) is 0 Å². The maximum Gasteiger partial charge on any atom is 0.0715 e. The quantitative estimate of drug-likeness (QED) is 0.810. The minimum atomic E-state index is -0.537. The van der Waals surface area contributed by atoms with E-state index in [-0.39, 0.29) is 5.41 Å². The molecule has 2 fully saturated rings. The molecule has 0 bridgehead atoms. The summed E-state index contributed by atoms with van der Waals surface area (Å²) >= 11 is 0. The van der Waals surface area contributed by atoms with E-state index < -0.39 is 5.60 Å². The van der Waals surface area contributed by atoms with Crippen molar-refractivity contribution in [1.29, 1.82) is 0 Å². The summed E-state index contributed by atoms with van der Waals surface area (Å²) in [5.74, 6) is 1.29. The zero-order valence-electron chi connectivity index (χ0n) is 12.6. The lowest BCUT2D eigenvalue weighted by Gasteiger charge is -2.51. The van der Waals surface area contributed by atoms with E-state index in [0.717, 1.165) is 18.8 Å². The van der Waals surface area contributed by atoms with E-state index in [4.69, 9.17) is 5.73 Å². The molecule has 0 amide bonds. The van der Waals surface area contributed by atoms with Crippen LogP contribution in [0.3, 0.4) is 0 Å².